The average molecular weight is 463 g/mol. The summed E-state index contributed by atoms with van der Waals surface area (Å²) in [4.78, 5) is 35.9. The Bertz CT molecular complexity index is 1010. The van der Waals surface area contributed by atoms with Crippen molar-refractivity contribution in [2.75, 3.05) is 11.9 Å². The summed E-state index contributed by atoms with van der Waals surface area (Å²) in [5, 5.41) is 15.6. The Hall–Kier alpha value is -3.26. The molecule has 0 heterocycles. The number of anilines is 1. The Kier molecular flexibility index (Phi) is 8.10. The molecule has 2 aromatic carbocycles. The molecule has 0 bridgehead atoms. The number of halogens is 1. The first kappa shape index (κ1) is 25.0. The molecule has 172 valence electrons. The Labute approximate surface area is 191 Å². The van der Waals surface area contributed by atoms with Crippen molar-refractivity contribution in [1.82, 2.24) is 5.32 Å². The van der Waals surface area contributed by atoms with Crippen molar-refractivity contribution < 1.29 is 29.0 Å². The number of carbonyl (C=O) groups excluding carboxylic acids is 3. The highest BCUT2D eigenvalue weighted by atomic mass is 35.5. The van der Waals surface area contributed by atoms with Gasteiger partial charge in [0.2, 0.25) is 0 Å². The Balaban J connectivity index is 2.25. The minimum absolute atomic E-state index is 0.0659. The molecule has 0 aliphatic carbocycles. The number of nitrogens with one attached hydrogen (secondary N) is 2. The van der Waals surface area contributed by atoms with Crippen molar-refractivity contribution in [2.45, 2.75) is 46.6 Å². The van der Waals surface area contributed by atoms with E-state index < -0.39 is 23.3 Å². The van der Waals surface area contributed by atoms with E-state index in [1.165, 1.54) is 24.3 Å². The van der Waals surface area contributed by atoms with Gasteiger partial charge in [-0.05, 0) is 70.0 Å². The molecule has 0 spiro atoms. The fraction of sp³-hybridized carbons (Fsp3) is 0.348. The number of hydrogen-bond donors (Lipinski definition) is 3. The highest BCUT2D eigenvalue weighted by Crippen LogP contribution is 2.36. The molecule has 3 N–H and O–H groups in total. The summed E-state index contributed by atoms with van der Waals surface area (Å²) in [5.41, 5.74) is 0.494. The lowest BCUT2D eigenvalue weighted by Crippen LogP contribution is -2.42. The van der Waals surface area contributed by atoms with Crippen molar-refractivity contribution >= 4 is 35.1 Å². The van der Waals surface area contributed by atoms with Gasteiger partial charge in [0.25, 0.3) is 5.91 Å². The van der Waals surface area contributed by atoms with Gasteiger partial charge in [0.05, 0.1) is 17.2 Å². The predicted octanol–water partition coefficient (Wildman–Crippen LogP) is 4.57. The number of carbonyl (C=O) groups is 3. The Morgan fingerprint density at radius 3 is 2.41 bits per heavy atom. The van der Waals surface area contributed by atoms with E-state index in [2.05, 4.69) is 15.4 Å². The van der Waals surface area contributed by atoms with Crippen LogP contribution in [0.4, 0.5) is 5.69 Å². The van der Waals surface area contributed by atoms with Crippen LogP contribution < -0.4 is 15.4 Å². The first-order chi connectivity index (χ1) is 15.0. The van der Waals surface area contributed by atoms with Crippen molar-refractivity contribution in [3.63, 3.8) is 0 Å². The lowest BCUT2D eigenvalue weighted by Gasteiger charge is -2.24. The molecule has 2 rings (SSSR count). The van der Waals surface area contributed by atoms with Gasteiger partial charge in [0, 0.05) is 11.2 Å². The SMILES string of the molecule is CCOC(=O)C(=O)Nc1cc(C)c(Oc2ccc(O)c(C(=O)NC(C)(C)CC)c2)c(Cl)c1. The van der Waals surface area contributed by atoms with E-state index in [0.29, 0.717) is 23.4 Å². The van der Waals surface area contributed by atoms with E-state index in [9.17, 15) is 19.5 Å². The number of hydrogen-bond acceptors (Lipinski definition) is 6. The molecule has 0 saturated carbocycles. The van der Waals surface area contributed by atoms with Crippen LogP contribution in [-0.4, -0.2) is 35.0 Å². The summed E-state index contributed by atoms with van der Waals surface area (Å²) in [6, 6.07) is 7.29. The van der Waals surface area contributed by atoms with E-state index in [1.54, 1.807) is 19.9 Å². The average Bonchev–Trinajstić information content (AvgIpc) is 2.71. The van der Waals surface area contributed by atoms with E-state index >= 15 is 0 Å². The quantitative estimate of drug-likeness (QED) is 0.410. The second-order valence-corrected chi connectivity index (χ2v) is 8.16. The topological polar surface area (TPSA) is 114 Å². The smallest absolute Gasteiger partial charge is 0.397 e. The number of phenolic OH excluding ortho intramolecular Hbond substituents is 1. The highest BCUT2D eigenvalue weighted by molar-refractivity contribution is 6.37. The normalized spacial score (nSPS) is 10.9. The number of phenols is 1. The van der Waals surface area contributed by atoms with Gasteiger partial charge in [-0.15, -0.1) is 0 Å². The molecule has 0 saturated heterocycles. The molecule has 0 unspecified atom stereocenters. The molecule has 9 heteroatoms. The van der Waals surface area contributed by atoms with Crippen molar-refractivity contribution in [2.24, 2.45) is 0 Å². The van der Waals surface area contributed by atoms with Gasteiger partial charge >= 0.3 is 11.9 Å². The fourth-order valence-electron chi connectivity index (χ4n) is 2.65. The van der Waals surface area contributed by atoms with E-state index in [1.807, 2.05) is 20.8 Å². The van der Waals surface area contributed by atoms with E-state index in [-0.39, 0.29) is 28.7 Å². The van der Waals surface area contributed by atoms with Crippen LogP contribution in [0.5, 0.6) is 17.2 Å². The lowest BCUT2D eigenvalue weighted by atomic mass is 10.0. The zero-order chi connectivity index (χ0) is 24.1. The zero-order valence-corrected chi connectivity index (χ0v) is 19.4. The van der Waals surface area contributed by atoms with Crippen LogP contribution in [0.3, 0.4) is 0 Å². The monoisotopic (exact) mass is 462 g/mol. The van der Waals surface area contributed by atoms with Gasteiger partial charge < -0.3 is 25.2 Å². The van der Waals surface area contributed by atoms with Gasteiger partial charge in [-0.25, -0.2) is 4.79 Å². The summed E-state index contributed by atoms with van der Waals surface area (Å²) >= 11 is 6.33. The van der Waals surface area contributed by atoms with Crippen LogP contribution in [-0.2, 0) is 14.3 Å². The number of ether oxygens (including phenoxy) is 2. The molecule has 0 aliphatic rings. The Morgan fingerprint density at radius 1 is 1.12 bits per heavy atom. The summed E-state index contributed by atoms with van der Waals surface area (Å²) in [6.45, 7) is 9.10. The van der Waals surface area contributed by atoms with E-state index in [0.717, 1.165) is 0 Å². The third kappa shape index (κ3) is 6.37. The lowest BCUT2D eigenvalue weighted by molar-refractivity contribution is -0.152. The molecule has 0 aliphatic heterocycles. The highest BCUT2D eigenvalue weighted by Gasteiger charge is 2.22. The van der Waals surface area contributed by atoms with Gasteiger partial charge in [0.15, 0.2) is 0 Å². The maximum Gasteiger partial charge on any atom is 0.397 e. The van der Waals surface area contributed by atoms with Crippen LogP contribution in [0.25, 0.3) is 0 Å². The summed E-state index contributed by atoms with van der Waals surface area (Å²) in [5.74, 6) is -1.94. The van der Waals surface area contributed by atoms with E-state index in [4.69, 9.17) is 16.3 Å². The molecule has 0 radical (unpaired) electrons. The van der Waals surface area contributed by atoms with Gasteiger partial charge in [-0.1, -0.05) is 18.5 Å². The number of amides is 2. The van der Waals surface area contributed by atoms with Crippen LogP contribution in [0.15, 0.2) is 30.3 Å². The van der Waals surface area contributed by atoms with Crippen LogP contribution >= 0.6 is 11.6 Å². The first-order valence-electron chi connectivity index (χ1n) is 10.1. The Morgan fingerprint density at radius 2 is 1.81 bits per heavy atom. The third-order valence-corrected chi connectivity index (χ3v) is 5.00. The molecule has 2 amide bonds. The van der Waals surface area contributed by atoms with Gasteiger partial charge in [-0.2, -0.15) is 0 Å². The molecule has 0 aromatic heterocycles. The molecule has 2 aromatic rings. The number of aromatic hydroxyl groups is 1. The fourth-order valence-corrected chi connectivity index (χ4v) is 2.96. The minimum Gasteiger partial charge on any atom is -0.507 e. The van der Waals surface area contributed by atoms with Crippen molar-refractivity contribution in [1.29, 1.82) is 0 Å². The number of esters is 1. The maximum absolute atomic E-state index is 12.6. The molecule has 0 fully saturated rings. The maximum atomic E-state index is 12.6. The summed E-state index contributed by atoms with van der Waals surface area (Å²) in [6.07, 6.45) is 0.712. The second-order valence-electron chi connectivity index (χ2n) is 7.75. The first-order valence-corrected chi connectivity index (χ1v) is 10.5. The number of benzene rings is 2. The number of aryl methyl sites for hydroxylation is 1. The molecular formula is C23H27ClN2O6. The molecule has 8 nitrogen and oxygen atoms in total. The molecular weight excluding hydrogens is 436 g/mol. The predicted molar refractivity (Wildman–Crippen MR) is 121 cm³/mol. The summed E-state index contributed by atoms with van der Waals surface area (Å²) < 4.78 is 10.5. The molecule has 32 heavy (non-hydrogen) atoms. The minimum atomic E-state index is -0.997. The van der Waals surface area contributed by atoms with Crippen molar-refractivity contribution in [3.8, 4) is 17.2 Å². The zero-order valence-electron chi connectivity index (χ0n) is 18.7. The van der Waals surface area contributed by atoms with Crippen molar-refractivity contribution in [3.05, 3.63) is 46.5 Å². The van der Waals surface area contributed by atoms with Crippen LogP contribution in [0.1, 0.15) is 50.0 Å². The van der Waals surface area contributed by atoms with Crippen LogP contribution in [0.2, 0.25) is 5.02 Å². The summed E-state index contributed by atoms with van der Waals surface area (Å²) in [7, 11) is 0. The van der Waals surface area contributed by atoms with Gasteiger partial charge in [0.1, 0.15) is 17.2 Å². The largest absolute Gasteiger partial charge is 0.507 e. The van der Waals surface area contributed by atoms with Gasteiger partial charge in [-0.3, -0.25) is 9.59 Å². The molecule has 0 atom stereocenters. The second kappa shape index (κ2) is 10.4. The van der Waals surface area contributed by atoms with Crippen LogP contribution in [0, 0.1) is 6.92 Å². The third-order valence-electron chi connectivity index (χ3n) is 4.72. The standard InChI is InChI=1S/C23H27ClN2O6/c1-6-23(4,5)26-20(28)16-12-15(8-9-18(16)27)32-19-13(3)10-14(11-17(19)24)25-21(29)22(30)31-7-2/h8-12,27H,6-7H2,1-5H3,(H,25,29)(H,26,28). The number of rotatable bonds is 7.